The van der Waals surface area contributed by atoms with Crippen LogP contribution in [0.5, 0.6) is 0 Å². The first-order chi connectivity index (χ1) is 8.13. The van der Waals surface area contributed by atoms with Crippen molar-refractivity contribution in [2.24, 2.45) is 0 Å². The summed E-state index contributed by atoms with van der Waals surface area (Å²) >= 11 is 0. The van der Waals surface area contributed by atoms with Crippen molar-refractivity contribution in [1.29, 1.82) is 0 Å². The van der Waals surface area contributed by atoms with Crippen LogP contribution in [0.25, 0.3) is 0 Å². The summed E-state index contributed by atoms with van der Waals surface area (Å²) in [4.78, 5) is 11.6. The molecule has 0 saturated heterocycles. The smallest absolute Gasteiger partial charge is 0.221 e. The Hall–Kier alpha value is -1.35. The highest BCUT2D eigenvalue weighted by Gasteiger charge is 2.08. The molecule has 0 aliphatic carbocycles. The van der Waals surface area contributed by atoms with Gasteiger partial charge in [-0.2, -0.15) is 0 Å². The minimum Gasteiger partial charge on any atom is -0.350 e. The average molecular weight is 234 g/mol. The molecule has 1 amide bonds. The van der Waals surface area contributed by atoms with E-state index in [0.717, 1.165) is 18.7 Å². The van der Waals surface area contributed by atoms with Crippen LogP contribution in [0.15, 0.2) is 24.3 Å². The van der Waals surface area contributed by atoms with E-state index in [9.17, 15) is 4.79 Å². The predicted molar refractivity (Wildman–Crippen MR) is 70.9 cm³/mol. The molecular formula is C14H22N2O. The summed E-state index contributed by atoms with van der Waals surface area (Å²) < 4.78 is 0. The molecule has 0 bridgehead atoms. The summed E-state index contributed by atoms with van der Waals surface area (Å²) in [6, 6.07) is 8.33. The number of hydrogen-bond acceptors (Lipinski definition) is 2. The highest BCUT2D eigenvalue weighted by Crippen LogP contribution is 2.12. The van der Waals surface area contributed by atoms with Crippen LogP contribution in [-0.2, 0) is 4.79 Å². The van der Waals surface area contributed by atoms with Crippen LogP contribution in [0.2, 0.25) is 0 Å². The lowest BCUT2D eigenvalue weighted by molar-refractivity contribution is -0.121. The maximum Gasteiger partial charge on any atom is 0.221 e. The summed E-state index contributed by atoms with van der Waals surface area (Å²) in [5, 5.41) is 6.13. The zero-order chi connectivity index (χ0) is 12.7. The molecule has 2 N–H and O–H groups in total. The quantitative estimate of drug-likeness (QED) is 0.741. The Morgan fingerprint density at radius 3 is 2.53 bits per heavy atom. The summed E-state index contributed by atoms with van der Waals surface area (Å²) in [5.74, 6) is 0.0963. The third-order valence-electron chi connectivity index (χ3n) is 2.73. The SMILES string of the molecule is CCNCCC(=O)NC(C)c1ccc(C)cc1. The fraction of sp³-hybridized carbons (Fsp3) is 0.500. The Kier molecular flexibility index (Phi) is 5.70. The van der Waals surface area contributed by atoms with Crippen LogP contribution in [0, 0.1) is 6.92 Å². The molecule has 1 rings (SSSR count). The Labute approximate surface area is 104 Å². The molecule has 1 unspecified atom stereocenters. The standard InChI is InChI=1S/C14H22N2O/c1-4-15-10-9-14(17)16-12(3)13-7-5-11(2)6-8-13/h5-8,12,15H,4,9-10H2,1-3H3,(H,16,17). The second kappa shape index (κ2) is 7.07. The highest BCUT2D eigenvalue weighted by molar-refractivity contribution is 5.76. The first-order valence-electron chi connectivity index (χ1n) is 6.20. The summed E-state index contributed by atoms with van der Waals surface area (Å²) in [6.45, 7) is 7.75. The van der Waals surface area contributed by atoms with Crippen molar-refractivity contribution in [3.63, 3.8) is 0 Å². The van der Waals surface area contributed by atoms with Crippen LogP contribution >= 0.6 is 0 Å². The van der Waals surface area contributed by atoms with Gasteiger partial charge in [0.2, 0.25) is 5.91 Å². The van der Waals surface area contributed by atoms with Gasteiger partial charge in [0, 0.05) is 13.0 Å². The first kappa shape index (κ1) is 13.7. The zero-order valence-electron chi connectivity index (χ0n) is 10.9. The molecule has 1 aromatic rings. The molecule has 0 radical (unpaired) electrons. The highest BCUT2D eigenvalue weighted by atomic mass is 16.1. The molecular weight excluding hydrogens is 212 g/mol. The summed E-state index contributed by atoms with van der Waals surface area (Å²) in [5.41, 5.74) is 2.38. The van der Waals surface area contributed by atoms with Gasteiger partial charge >= 0.3 is 0 Å². The summed E-state index contributed by atoms with van der Waals surface area (Å²) in [6.07, 6.45) is 0.532. The predicted octanol–water partition coefficient (Wildman–Crippen LogP) is 2.17. The van der Waals surface area contributed by atoms with Crippen LogP contribution < -0.4 is 10.6 Å². The van der Waals surface area contributed by atoms with Crippen LogP contribution in [0.3, 0.4) is 0 Å². The molecule has 3 heteroatoms. The molecule has 0 aliphatic rings. The molecule has 0 heterocycles. The van der Waals surface area contributed by atoms with Gasteiger partial charge in [-0.05, 0) is 26.0 Å². The molecule has 0 saturated carbocycles. The van der Waals surface area contributed by atoms with E-state index < -0.39 is 0 Å². The number of benzene rings is 1. The molecule has 17 heavy (non-hydrogen) atoms. The van der Waals surface area contributed by atoms with Gasteiger partial charge in [-0.1, -0.05) is 36.8 Å². The van der Waals surface area contributed by atoms with E-state index in [2.05, 4.69) is 41.8 Å². The minimum atomic E-state index is 0.0738. The Morgan fingerprint density at radius 2 is 1.94 bits per heavy atom. The van der Waals surface area contributed by atoms with E-state index in [1.165, 1.54) is 5.56 Å². The molecule has 0 spiro atoms. The van der Waals surface area contributed by atoms with Crippen molar-refractivity contribution >= 4 is 5.91 Å². The van der Waals surface area contributed by atoms with Crippen molar-refractivity contribution in [1.82, 2.24) is 10.6 Å². The minimum absolute atomic E-state index is 0.0738. The maximum atomic E-state index is 11.6. The van der Waals surface area contributed by atoms with Crippen molar-refractivity contribution < 1.29 is 4.79 Å². The monoisotopic (exact) mass is 234 g/mol. The average Bonchev–Trinajstić information content (AvgIpc) is 2.30. The first-order valence-corrected chi connectivity index (χ1v) is 6.20. The largest absolute Gasteiger partial charge is 0.350 e. The van der Waals surface area contributed by atoms with E-state index in [1.807, 2.05) is 13.8 Å². The van der Waals surface area contributed by atoms with Gasteiger partial charge in [0.05, 0.1) is 6.04 Å². The fourth-order valence-corrected chi connectivity index (χ4v) is 1.63. The van der Waals surface area contributed by atoms with Gasteiger partial charge in [-0.15, -0.1) is 0 Å². The van der Waals surface area contributed by atoms with E-state index >= 15 is 0 Å². The molecule has 1 atom stereocenters. The van der Waals surface area contributed by atoms with Gasteiger partial charge in [-0.3, -0.25) is 4.79 Å². The Morgan fingerprint density at radius 1 is 1.29 bits per heavy atom. The van der Waals surface area contributed by atoms with E-state index in [-0.39, 0.29) is 11.9 Å². The van der Waals surface area contributed by atoms with Crippen molar-refractivity contribution in [3.8, 4) is 0 Å². The van der Waals surface area contributed by atoms with E-state index in [0.29, 0.717) is 6.42 Å². The van der Waals surface area contributed by atoms with E-state index in [1.54, 1.807) is 0 Å². The topological polar surface area (TPSA) is 41.1 Å². The molecule has 0 aliphatic heterocycles. The Bertz CT molecular complexity index is 346. The van der Waals surface area contributed by atoms with Crippen molar-refractivity contribution in [2.75, 3.05) is 13.1 Å². The second-order valence-electron chi connectivity index (χ2n) is 4.30. The Balaban J connectivity index is 2.40. The number of amides is 1. The van der Waals surface area contributed by atoms with Crippen LogP contribution in [0.4, 0.5) is 0 Å². The van der Waals surface area contributed by atoms with Crippen molar-refractivity contribution in [2.45, 2.75) is 33.2 Å². The fourth-order valence-electron chi connectivity index (χ4n) is 1.63. The lowest BCUT2D eigenvalue weighted by Crippen LogP contribution is -2.29. The number of rotatable bonds is 6. The number of carbonyl (C=O) groups excluding carboxylic acids is 1. The lowest BCUT2D eigenvalue weighted by atomic mass is 10.1. The van der Waals surface area contributed by atoms with Gasteiger partial charge in [0.1, 0.15) is 0 Å². The van der Waals surface area contributed by atoms with Crippen LogP contribution in [-0.4, -0.2) is 19.0 Å². The van der Waals surface area contributed by atoms with Gasteiger partial charge in [0.15, 0.2) is 0 Å². The normalized spacial score (nSPS) is 12.2. The van der Waals surface area contributed by atoms with Gasteiger partial charge < -0.3 is 10.6 Å². The number of aryl methyl sites for hydroxylation is 1. The molecule has 94 valence electrons. The lowest BCUT2D eigenvalue weighted by Gasteiger charge is -2.14. The third kappa shape index (κ3) is 5.00. The number of carbonyl (C=O) groups is 1. The van der Waals surface area contributed by atoms with Gasteiger partial charge in [-0.25, -0.2) is 0 Å². The van der Waals surface area contributed by atoms with Crippen molar-refractivity contribution in [3.05, 3.63) is 35.4 Å². The second-order valence-corrected chi connectivity index (χ2v) is 4.30. The molecule has 1 aromatic carbocycles. The molecule has 0 aromatic heterocycles. The van der Waals surface area contributed by atoms with Gasteiger partial charge in [0.25, 0.3) is 0 Å². The van der Waals surface area contributed by atoms with E-state index in [4.69, 9.17) is 0 Å². The molecule has 0 fully saturated rings. The zero-order valence-corrected chi connectivity index (χ0v) is 10.9. The summed E-state index contributed by atoms with van der Waals surface area (Å²) in [7, 11) is 0. The number of hydrogen-bond donors (Lipinski definition) is 2. The maximum absolute atomic E-state index is 11.6. The van der Waals surface area contributed by atoms with Crippen LogP contribution in [0.1, 0.15) is 37.4 Å². The molecule has 3 nitrogen and oxygen atoms in total. The third-order valence-corrected chi connectivity index (χ3v) is 2.73. The number of nitrogens with one attached hydrogen (secondary N) is 2.